The third kappa shape index (κ3) is 5.86. The van der Waals surface area contributed by atoms with Crippen LogP contribution in [0.3, 0.4) is 0 Å². The van der Waals surface area contributed by atoms with Gasteiger partial charge in [-0.2, -0.15) is 0 Å². The molecule has 0 saturated carbocycles. The van der Waals surface area contributed by atoms with Gasteiger partial charge in [0, 0.05) is 11.4 Å². The molecule has 2 N–H and O–H groups in total. The number of amides is 1. The maximum absolute atomic E-state index is 12.3. The van der Waals surface area contributed by atoms with Gasteiger partial charge >= 0.3 is 5.97 Å². The van der Waals surface area contributed by atoms with Crippen molar-refractivity contribution >= 4 is 23.5 Å². The second kappa shape index (κ2) is 9.94. The van der Waals surface area contributed by atoms with Crippen molar-refractivity contribution in [3.8, 4) is 0 Å². The second-order valence-electron chi connectivity index (χ2n) is 5.78. The molecule has 2 aromatic carbocycles. The summed E-state index contributed by atoms with van der Waals surface area (Å²) in [6.45, 7) is 1.84. The Kier molecular flexibility index (Phi) is 7.63. The first-order valence-electron chi connectivity index (χ1n) is 8.44. The smallest absolute Gasteiger partial charge is 0.331 e. The minimum atomic E-state index is -1.19. The number of aliphatic hydroxyl groups is 1. The fourth-order valence-corrected chi connectivity index (χ4v) is 2.62. The lowest BCUT2D eigenvalue weighted by atomic mass is 10.0. The summed E-state index contributed by atoms with van der Waals surface area (Å²) >= 11 is 5.84. The van der Waals surface area contributed by atoms with Crippen molar-refractivity contribution in [1.82, 2.24) is 5.32 Å². The maximum Gasteiger partial charge on any atom is 0.331 e. The molecule has 0 bridgehead atoms. The van der Waals surface area contributed by atoms with Gasteiger partial charge in [-0.05, 0) is 36.6 Å². The van der Waals surface area contributed by atoms with Gasteiger partial charge in [0.15, 0.2) is 6.04 Å². The summed E-state index contributed by atoms with van der Waals surface area (Å²) in [5.74, 6) is -1.00. The van der Waals surface area contributed by atoms with Crippen LogP contribution in [0.5, 0.6) is 0 Å². The Morgan fingerprint density at radius 1 is 1.12 bits per heavy atom. The average Bonchev–Trinajstić information content (AvgIpc) is 2.66. The van der Waals surface area contributed by atoms with Gasteiger partial charge in [0.25, 0.3) is 0 Å². The van der Waals surface area contributed by atoms with E-state index in [0.29, 0.717) is 17.0 Å². The van der Waals surface area contributed by atoms with Gasteiger partial charge in [-0.15, -0.1) is 0 Å². The van der Waals surface area contributed by atoms with E-state index in [1.54, 1.807) is 49.4 Å². The minimum Gasteiger partial charge on any atom is -0.464 e. The van der Waals surface area contributed by atoms with Crippen LogP contribution in [0.1, 0.15) is 30.6 Å². The third-order valence-corrected chi connectivity index (χ3v) is 4.12. The number of aryl methyl sites for hydroxylation is 1. The van der Waals surface area contributed by atoms with E-state index in [2.05, 4.69) is 5.32 Å². The van der Waals surface area contributed by atoms with E-state index in [1.165, 1.54) is 0 Å². The lowest BCUT2D eigenvalue weighted by molar-refractivity contribution is -0.151. The number of carbonyl (C=O) groups excluding carboxylic acids is 2. The lowest BCUT2D eigenvalue weighted by Crippen LogP contribution is -2.46. The van der Waals surface area contributed by atoms with E-state index in [9.17, 15) is 14.7 Å². The zero-order valence-corrected chi connectivity index (χ0v) is 15.3. The summed E-state index contributed by atoms with van der Waals surface area (Å²) in [6.07, 6.45) is -0.506. The van der Waals surface area contributed by atoms with Crippen molar-refractivity contribution in [3.63, 3.8) is 0 Å². The van der Waals surface area contributed by atoms with Crippen molar-refractivity contribution in [2.45, 2.75) is 31.9 Å². The monoisotopic (exact) mass is 375 g/mol. The molecule has 6 heteroatoms. The number of esters is 1. The number of carbonyl (C=O) groups is 2. The summed E-state index contributed by atoms with van der Waals surface area (Å²) in [5.41, 5.74) is 1.49. The Morgan fingerprint density at radius 3 is 2.38 bits per heavy atom. The minimum absolute atomic E-state index is 0.164. The van der Waals surface area contributed by atoms with E-state index >= 15 is 0 Å². The number of nitrogens with one attached hydrogen (secondary N) is 1. The fraction of sp³-hybridized carbons (Fsp3) is 0.300. The van der Waals surface area contributed by atoms with Crippen LogP contribution in [0.25, 0.3) is 0 Å². The molecule has 0 aromatic heterocycles. The first kappa shape index (κ1) is 19.9. The molecule has 2 aromatic rings. The predicted molar refractivity (Wildman–Crippen MR) is 99.7 cm³/mol. The van der Waals surface area contributed by atoms with Crippen LogP contribution in [0, 0.1) is 0 Å². The highest BCUT2D eigenvalue weighted by Gasteiger charge is 2.30. The quantitative estimate of drug-likeness (QED) is 0.695. The zero-order valence-electron chi connectivity index (χ0n) is 14.5. The molecular formula is C20H22ClNO4. The highest BCUT2D eigenvalue weighted by Crippen LogP contribution is 2.18. The normalized spacial score (nSPS) is 12.9. The maximum atomic E-state index is 12.3. The molecule has 2 rings (SSSR count). The summed E-state index contributed by atoms with van der Waals surface area (Å²) < 4.78 is 5.00. The van der Waals surface area contributed by atoms with Crippen molar-refractivity contribution in [1.29, 1.82) is 0 Å². The third-order valence-electron chi connectivity index (χ3n) is 3.87. The Hall–Kier alpha value is -2.37. The number of benzene rings is 2. The van der Waals surface area contributed by atoms with Crippen LogP contribution in [0.2, 0.25) is 5.02 Å². The number of rotatable bonds is 8. The first-order valence-corrected chi connectivity index (χ1v) is 8.82. The lowest BCUT2D eigenvalue weighted by Gasteiger charge is -2.23. The Labute approximate surface area is 157 Å². The molecule has 0 fully saturated rings. The Bertz CT molecular complexity index is 718. The van der Waals surface area contributed by atoms with Gasteiger partial charge in [0.1, 0.15) is 6.10 Å². The molecule has 0 spiro atoms. The molecule has 26 heavy (non-hydrogen) atoms. The van der Waals surface area contributed by atoms with Crippen LogP contribution >= 0.6 is 11.6 Å². The predicted octanol–water partition coefficient (Wildman–Crippen LogP) is 3.05. The van der Waals surface area contributed by atoms with E-state index in [-0.39, 0.29) is 18.9 Å². The van der Waals surface area contributed by atoms with Crippen LogP contribution in [0.15, 0.2) is 54.6 Å². The van der Waals surface area contributed by atoms with Crippen molar-refractivity contribution < 1.29 is 19.4 Å². The summed E-state index contributed by atoms with van der Waals surface area (Å²) in [6, 6.07) is 14.7. The molecule has 5 nitrogen and oxygen atoms in total. The van der Waals surface area contributed by atoms with Crippen LogP contribution in [-0.4, -0.2) is 29.6 Å². The first-order chi connectivity index (χ1) is 12.5. The number of ether oxygens (including phenoxy) is 1. The number of aliphatic hydroxyl groups excluding tert-OH is 1. The summed E-state index contributed by atoms with van der Waals surface area (Å²) in [4.78, 5) is 24.5. The van der Waals surface area contributed by atoms with Crippen LogP contribution in [0.4, 0.5) is 0 Å². The Balaban J connectivity index is 2.02. The zero-order chi connectivity index (χ0) is 18.9. The highest BCUT2D eigenvalue weighted by molar-refractivity contribution is 6.30. The van der Waals surface area contributed by atoms with E-state index < -0.39 is 18.1 Å². The SMILES string of the molecule is CCOC(=O)C(NC(=O)CCc1ccc(Cl)cc1)C(O)c1ccccc1. The molecule has 0 aliphatic carbocycles. The highest BCUT2D eigenvalue weighted by atomic mass is 35.5. The van der Waals surface area contributed by atoms with E-state index in [4.69, 9.17) is 16.3 Å². The topological polar surface area (TPSA) is 75.6 Å². The Morgan fingerprint density at radius 2 is 1.77 bits per heavy atom. The molecule has 0 heterocycles. The van der Waals surface area contributed by atoms with Crippen LogP contribution in [-0.2, 0) is 20.7 Å². The molecule has 1 amide bonds. The second-order valence-corrected chi connectivity index (χ2v) is 6.22. The summed E-state index contributed by atoms with van der Waals surface area (Å²) in [7, 11) is 0. The van der Waals surface area contributed by atoms with Gasteiger partial charge in [-0.3, -0.25) is 4.79 Å². The van der Waals surface area contributed by atoms with Crippen molar-refractivity contribution in [3.05, 3.63) is 70.7 Å². The number of hydrogen-bond acceptors (Lipinski definition) is 4. The number of halogens is 1. The summed E-state index contributed by atoms with van der Waals surface area (Å²) in [5, 5.41) is 13.7. The average molecular weight is 376 g/mol. The molecule has 2 unspecified atom stereocenters. The molecule has 138 valence electrons. The van der Waals surface area contributed by atoms with Gasteiger partial charge < -0.3 is 15.2 Å². The van der Waals surface area contributed by atoms with E-state index in [0.717, 1.165) is 5.56 Å². The molecular weight excluding hydrogens is 354 g/mol. The molecule has 0 saturated heterocycles. The number of hydrogen-bond donors (Lipinski definition) is 2. The molecule has 2 atom stereocenters. The van der Waals surface area contributed by atoms with Gasteiger partial charge in [-0.1, -0.05) is 54.1 Å². The fourth-order valence-electron chi connectivity index (χ4n) is 2.50. The molecule has 0 aliphatic rings. The largest absolute Gasteiger partial charge is 0.464 e. The van der Waals surface area contributed by atoms with Crippen molar-refractivity contribution in [2.24, 2.45) is 0 Å². The van der Waals surface area contributed by atoms with Crippen LogP contribution < -0.4 is 5.32 Å². The van der Waals surface area contributed by atoms with Gasteiger partial charge in [-0.25, -0.2) is 4.79 Å². The van der Waals surface area contributed by atoms with Gasteiger partial charge in [0.2, 0.25) is 5.91 Å². The standard InChI is InChI=1S/C20H22ClNO4/c1-2-26-20(25)18(19(24)15-6-4-3-5-7-15)22-17(23)13-10-14-8-11-16(21)12-9-14/h3-9,11-12,18-19,24H,2,10,13H2,1H3,(H,22,23). The molecule has 0 radical (unpaired) electrons. The molecule has 0 aliphatic heterocycles. The van der Waals surface area contributed by atoms with Gasteiger partial charge in [0.05, 0.1) is 6.61 Å². The van der Waals surface area contributed by atoms with E-state index in [1.807, 2.05) is 12.1 Å². The van der Waals surface area contributed by atoms with Crippen molar-refractivity contribution in [2.75, 3.05) is 6.61 Å².